The number of benzene rings is 1. The maximum atomic E-state index is 13.5. The Hall–Kier alpha value is -1.52. The molecule has 1 N–H and O–H groups in total. The van der Waals surface area contributed by atoms with E-state index in [1.807, 2.05) is 0 Å². The number of rotatable bonds is 7. The van der Waals surface area contributed by atoms with Crippen molar-refractivity contribution >= 4 is 25.8 Å². The molecule has 1 fully saturated rings. The second kappa shape index (κ2) is 7.79. The molecule has 1 aliphatic heterocycles. The lowest BCUT2D eigenvalue weighted by molar-refractivity contribution is -0.121. The van der Waals surface area contributed by atoms with Crippen LogP contribution in [-0.2, 0) is 31.1 Å². The summed E-state index contributed by atoms with van der Waals surface area (Å²) in [5.74, 6) is -1.28. The summed E-state index contributed by atoms with van der Waals surface area (Å²) in [6.07, 6.45) is 1.40. The average molecular weight is 392 g/mol. The zero-order valence-corrected chi connectivity index (χ0v) is 15.4. The van der Waals surface area contributed by atoms with Crippen LogP contribution >= 0.6 is 0 Å². The van der Waals surface area contributed by atoms with Gasteiger partial charge in [-0.2, -0.15) is 4.31 Å². The Bertz CT molecular complexity index is 839. The van der Waals surface area contributed by atoms with Gasteiger partial charge in [0.15, 0.2) is 9.84 Å². The fraction of sp³-hybridized carbons (Fsp3) is 0.533. The third-order valence-electron chi connectivity index (χ3n) is 4.02. The molecule has 140 valence electrons. The molecule has 1 aromatic rings. The van der Waals surface area contributed by atoms with Gasteiger partial charge in [-0.25, -0.2) is 21.2 Å². The van der Waals surface area contributed by atoms with Gasteiger partial charge in [-0.05, 0) is 24.5 Å². The van der Waals surface area contributed by atoms with Gasteiger partial charge in [0.25, 0.3) is 0 Å². The van der Waals surface area contributed by atoms with Gasteiger partial charge in [0.05, 0.1) is 24.3 Å². The summed E-state index contributed by atoms with van der Waals surface area (Å²) >= 11 is 0. The van der Waals surface area contributed by atoms with E-state index in [4.69, 9.17) is 0 Å². The second-order valence-corrected chi connectivity index (χ2v) is 10.2. The number of sulfone groups is 1. The second-order valence-electron chi connectivity index (χ2n) is 6.06. The summed E-state index contributed by atoms with van der Waals surface area (Å²) in [5, 5.41) is 2.54. The molecule has 7 nitrogen and oxygen atoms in total. The van der Waals surface area contributed by atoms with Crippen LogP contribution in [-0.4, -0.2) is 63.9 Å². The van der Waals surface area contributed by atoms with Crippen molar-refractivity contribution in [2.45, 2.75) is 18.9 Å². The number of halogens is 1. The molecule has 1 saturated heterocycles. The van der Waals surface area contributed by atoms with Crippen molar-refractivity contribution in [1.29, 1.82) is 0 Å². The lowest BCUT2D eigenvalue weighted by Gasteiger charge is -2.24. The van der Waals surface area contributed by atoms with Crippen molar-refractivity contribution in [3.8, 4) is 0 Å². The fourth-order valence-corrected chi connectivity index (χ4v) is 5.65. The van der Waals surface area contributed by atoms with Crippen LogP contribution in [0.5, 0.6) is 0 Å². The van der Waals surface area contributed by atoms with Gasteiger partial charge in [0.2, 0.25) is 15.9 Å². The predicted molar refractivity (Wildman–Crippen MR) is 91.7 cm³/mol. The third kappa shape index (κ3) is 5.75. The quantitative estimate of drug-likeness (QED) is 0.700. The highest BCUT2D eigenvalue weighted by atomic mass is 32.2. The summed E-state index contributed by atoms with van der Waals surface area (Å²) in [4.78, 5) is 12.0. The molecule has 0 spiro atoms. The van der Waals surface area contributed by atoms with Crippen LogP contribution in [0.3, 0.4) is 0 Å². The lowest BCUT2D eigenvalue weighted by atomic mass is 10.1. The standard InChI is InChI=1S/C15H21FN2O5S2/c1-24(20,21)18(13-7-9-25(22,23)11-13)10-15(19)17-8-6-12-4-2-3-5-14(12)16/h2-5,13H,6-11H2,1H3,(H,17,19). The first-order chi connectivity index (χ1) is 11.6. The molecule has 0 saturated carbocycles. The normalized spacial score (nSPS) is 19.9. The van der Waals surface area contributed by atoms with Crippen LogP contribution in [0.2, 0.25) is 0 Å². The smallest absolute Gasteiger partial charge is 0.235 e. The number of carbonyl (C=O) groups is 1. The van der Waals surface area contributed by atoms with Gasteiger partial charge in [0.1, 0.15) is 5.82 Å². The lowest BCUT2D eigenvalue weighted by Crippen LogP contribution is -2.46. The molecule has 1 atom stereocenters. The van der Waals surface area contributed by atoms with Crippen molar-refractivity contribution in [1.82, 2.24) is 9.62 Å². The van der Waals surface area contributed by atoms with E-state index in [0.717, 1.165) is 10.6 Å². The first kappa shape index (κ1) is 19.8. The van der Waals surface area contributed by atoms with Gasteiger partial charge >= 0.3 is 0 Å². The number of nitrogens with zero attached hydrogens (tertiary/aromatic N) is 1. The van der Waals surface area contributed by atoms with Crippen LogP contribution in [0.4, 0.5) is 4.39 Å². The molecule has 25 heavy (non-hydrogen) atoms. The largest absolute Gasteiger partial charge is 0.355 e. The van der Waals surface area contributed by atoms with Crippen molar-refractivity contribution < 1.29 is 26.0 Å². The monoisotopic (exact) mass is 392 g/mol. The van der Waals surface area contributed by atoms with E-state index in [0.29, 0.717) is 5.56 Å². The number of nitrogens with one attached hydrogen (secondary N) is 1. The molecule has 10 heteroatoms. The van der Waals surface area contributed by atoms with E-state index in [1.165, 1.54) is 6.07 Å². The SMILES string of the molecule is CS(=O)(=O)N(CC(=O)NCCc1ccccc1F)C1CCS(=O)(=O)C1. The van der Waals surface area contributed by atoms with E-state index >= 15 is 0 Å². The maximum Gasteiger partial charge on any atom is 0.235 e. The van der Waals surface area contributed by atoms with Crippen LogP contribution in [0.15, 0.2) is 24.3 Å². The molecule has 1 aliphatic rings. The summed E-state index contributed by atoms with van der Waals surface area (Å²) in [6, 6.07) is 5.46. The molecule has 0 radical (unpaired) electrons. The van der Waals surface area contributed by atoms with Gasteiger partial charge in [0, 0.05) is 12.6 Å². The maximum absolute atomic E-state index is 13.5. The molecule has 0 aliphatic carbocycles. The molecule has 0 bridgehead atoms. The van der Waals surface area contributed by atoms with Gasteiger partial charge < -0.3 is 5.32 Å². The average Bonchev–Trinajstić information content (AvgIpc) is 2.85. The molecular formula is C15H21FN2O5S2. The highest BCUT2D eigenvalue weighted by Gasteiger charge is 2.37. The molecule has 1 unspecified atom stereocenters. The Morgan fingerprint density at radius 1 is 1.36 bits per heavy atom. The van der Waals surface area contributed by atoms with Crippen LogP contribution < -0.4 is 5.32 Å². The number of carbonyl (C=O) groups excluding carboxylic acids is 1. The van der Waals surface area contributed by atoms with E-state index in [-0.39, 0.29) is 36.7 Å². The predicted octanol–water partition coefficient (Wildman–Crippen LogP) is -0.0669. The third-order valence-corrected chi connectivity index (χ3v) is 7.05. The molecule has 1 amide bonds. The Morgan fingerprint density at radius 2 is 2.04 bits per heavy atom. The first-order valence-corrected chi connectivity index (χ1v) is 11.4. The fourth-order valence-electron chi connectivity index (χ4n) is 2.75. The highest BCUT2D eigenvalue weighted by molar-refractivity contribution is 7.92. The van der Waals surface area contributed by atoms with E-state index in [9.17, 15) is 26.0 Å². The van der Waals surface area contributed by atoms with Crippen LogP contribution in [0, 0.1) is 5.82 Å². The van der Waals surface area contributed by atoms with Crippen molar-refractivity contribution in [3.63, 3.8) is 0 Å². The van der Waals surface area contributed by atoms with E-state index < -0.39 is 38.4 Å². The zero-order chi connectivity index (χ0) is 18.7. The zero-order valence-electron chi connectivity index (χ0n) is 13.8. The molecule has 1 aromatic carbocycles. The summed E-state index contributed by atoms with van der Waals surface area (Å²) in [7, 11) is -7.00. The Kier molecular flexibility index (Phi) is 6.17. The Balaban J connectivity index is 1.93. The molecule has 1 heterocycles. The minimum absolute atomic E-state index is 0.0847. The summed E-state index contributed by atoms with van der Waals surface area (Å²) in [5.41, 5.74) is 0.449. The molecule has 2 rings (SSSR count). The Labute approximate surface area is 147 Å². The van der Waals surface area contributed by atoms with Crippen LogP contribution in [0.25, 0.3) is 0 Å². The summed E-state index contributed by atoms with van der Waals surface area (Å²) in [6.45, 7) is -0.295. The first-order valence-electron chi connectivity index (χ1n) is 7.76. The minimum atomic E-state index is -3.73. The number of hydrogen-bond acceptors (Lipinski definition) is 5. The van der Waals surface area contributed by atoms with Gasteiger partial charge in [-0.15, -0.1) is 0 Å². The van der Waals surface area contributed by atoms with Crippen molar-refractivity contribution in [2.24, 2.45) is 0 Å². The van der Waals surface area contributed by atoms with Gasteiger partial charge in [-0.1, -0.05) is 18.2 Å². The Morgan fingerprint density at radius 3 is 2.60 bits per heavy atom. The highest BCUT2D eigenvalue weighted by Crippen LogP contribution is 2.19. The number of amides is 1. The van der Waals surface area contributed by atoms with Crippen molar-refractivity contribution in [2.75, 3.05) is 30.9 Å². The topological polar surface area (TPSA) is 101 Å². The van der Waals surface area contributed by atoms with E-state index in [2.05, 4.69) is 5.32 Å². The van der Waals surface area contributed by atoms with E-state index in [1.54, 1.807) is 18.2 Å². The van der Waals surface area contributed by atoms with Gasteiger partial charge in [-0.3, -0.25) is 4.79 Å². The summed E-state index contributed by atoms with van der Waals surface area (Å²) < 4.78 is 61.4. The molecular weight excluding hydrogens is 371 g/mol. The number of hydrogen-bond donors (Lipinski definition) is 1. The van der Waals surface area contributed by atoms with Crippen molar-refractivity contribution in [3.05, 3.63) is 35.6 Å². The minimum Gasteiger partial charge on any atom is -0.355 e. The number of sulfonamides is 1. The molecule has 0 aromatic heterocycles. The van der Waals surface area contributed by atoms with Crippen LogP contribution in [0.1, 0.15) is 12.0 Å².